The number of carboxylic acids is 1. The number of hydrogen-bond donors (Lipinski definition) is 1. The summed E-state index contributed by atoms with van der Waals surface area (Å²) in [5.41, 5.74) is 2.55. The summed E-state index contributed by atoms with van der Waals surface area (Å²) >= 11 is 0. The van der Waals surface area contributed by atoms with Crippen molar-refractivity contribution in [2.45, 2.75) is 57.8 Å². The maximum absolute atomic E-state index is 13.0. The van der Waals surface area contributed by atoms with Crippen LogP contribution in [0.3, 0.4) is 0 Å². The van der Waals surface area contributed by atoms with E-state index in [2.05, 4.69) is 6.58 Å². The Kier molecular flexibility index (Phi) is 6.67. The van der Waals surface area contributed by atoms with Crippen molar-refractivity contribution in [3.05, 3.63) is 58.6 Å². The minimum absolute atomic E-state index is 0.000563. The van der Waals surface area contributed by atoms with Crippen LogP contribution >= 0.6 is 0 Å². The number of aliphatic carboxylic acids is 1. The first-order valence-corrected chi connectivity index (χ1v) is 11.4. The molecule has 7 heteroatoms. The van der Waals surface area contributed by atoms with Crippen LogP contribution in [0.1, 0.15) is 62.5 Å². The number of ether oxygens (including phenoxy) is 3. The molecule has 174 valence electrons. The summed E-state index contributed by atoms with van der Waals surface area (Å²) in [6, 6.07) is 3.64. The van der Waals surface area contributed by atoms with Crippen molar-refractivity contribution in [2.75, 3.05) is 13.2 Å². The Labute approximate surface area is 192 Å². The molecule has 0 amide bonds. The molecule has 0 spiro atoms. The molecule has 0 atom stereocenters. The lowest BCUT2D eigenvalue weighted by Crippen LogP contribution is -2.30. The van der Waals surface area contributed by atoms with Gasteiger partial charge in [-0.2, -0.15) is 0 Å². The molecule has 4 rings (SSSR count). The van der Waals surface area contributed by atoms with Gasteiger partial charge in [0.2, 0.25) is 0 Å². The lowest BCUT2D eigenvalue weighted by molar-refractivity contribution is -0.139. The van der Waals surface area contributed by atoms with Crippen molar-refractivity contribution in [2.24, 2.45) is 0 Å². The SMILES string of the molecule is C=CCc1cc(C2C3=C(CCCC3=O)OC3=C2C(=O)CCC3)cc(OCC)c1OCC(=O)O. The Morgan fingerprint density at radius 3 is 2.27 bits per heavy atom. The fourth-order valence-corrected chi connectivity index (χ4v) is 4.87. The minimum Gasteiger partial charge on any atom is -0.490 e. The van der Waals surface area contributed by atoms with Crippen LogP contribution in [-0.2, 0) is 25.5 Å². The van der Waals surface area contributed by atoms with Crippen LogP contribution < -0.4 is 9.47 Å². The second kappa shape index (κ2) is 9.65. The van der Waals surface area contributed by atoms with Gasteiger partial charge < -0.3 is 19.3 Å². The maximum Gasteiger partial charge on any atom is 0.341 e. The Balaban J connectivity index is 1.91. The van der Waals surface area contributed by atoms with E-state index >= 15 is 0 Å². The molecular weight excluding hydrogens is 424 g/mol. The highest BCUT2D eigenvalue weighted by atomic mass is 16.5. The number of carbonyl (C=O) groups is 3. The molecule has 0 saturated carbocycles. The molecular formula is C26H28O7. The Bertz CT molecular complexity index is 1030. The smallest absolute Gasteiger partial charge is 0.341 e. The number of benzene rings is 1. The number of allylic oxidation sites excluding steroid dienone is 5. The monoisotopic (exact) mass is 452 g/mol. The summed E-state index contributed by atoms with van der Waals surface area (Å²) in [5.74, 6) is 0.430. The summed E-state index contributed by atoms with van der Waals surface area (Å²) in [5, 5.41) is 9.10. The van der Waals surface area contributed by atoms with Gasteiger partial charge in [0.15, 0.2) is 29.7 Å². The maximum atomic E-state index is 13.0. The number of rotatable bonds is 8. The van der Waals surface area contributed by atoms with Crippen molar-refractivity contribution in [3.63, 3.8) is 0 Å². The number of carboxylic acid groups (broad SMARTS) is 1. The van der Waals surface area contributed by atoms with Crippen LogP contribution in [0.25, 0.3) is 0 Å². The van der Waals surface area contributed by atoms with Gasteiger partial charge in [0.25, 0.3) is 0 Å². The van der Waals surface area contributed by atoms with E-state index in [-0.39, 0.29) is 11.6 Å². The second-order valence-corrected chi connectivity index (χ2v) is 8.38. The highest BCUT2D eigenvalue weighted by Gasteiger charge is 2.42. The number of carbonyl (C=O) groups excluding carboxylic acids is 2. The van der Waals surface area contributed by atoms with Gasteiger partial charge in [-0.1, -0.05) is 12.1 Å². The van der Waals surface area contributed by atoms with Gasteiger partial charge >= 0.3 is 5.97 Å². The predicted octanol–water partition coefficient (Wildman–Crippen LogP) is 4.41. The molecule has 1 aromatic carbocycles. The van der Waals surface area contributed by atoms with Crippen LogP contribution in [0.2, 0.25) is 0 Å². The summed E-state index contributed by atoms with van der Waals surface area (Å²) < 4.78 is 17.5. The van der Waals surface area contributed by atoms with Crippen molar-refractivity contribution < 1.29 is 33.7 Å². The normalized spacial score (nSPS) is 18.5. The van der Waals surface area contributed by atoms with Crippen LogP contribution in [0, 0.1) is 0 Å². The van der Waals surface area contributed by atoms with Crippen molar-refractivity contribution in [1.29, 1.82) is 0 Å². The predicted molar refractivity (Wildman–Crippen MR) is 120 cm³/mol. The van der Waals surface area contributed by atoms with Crippen molar-refractivity contribution >= 4 is 17.5 Å². The first-order valence-electron chi connectivity index (χ1n) is 11.4. The van der Waals surface area contributed by atoms with E-state index in [0.29, 0.717) is 78.4 Å². The summed E-state index contributed by atoms with van der Waals surface area (Å²) in [4.78, 5) is 37.2. The van der Waals surface area contributed by atoms with Crippen LogP contribution in [0.5, 0.6) is 11.5 Å². The Morgan fingerprint density at radius 1 is 1.09 bits per heavy atom. The van der Waals surface area contributed by atoms with Crippen molar-refractivity contribution in [1.82, 2.24) is 0 Å². The third-order valence-corrected chi connectivity index (χ3v) is 6.13. The standard InChI is InChI=1S/C26H28O7/c1-3-7-15-12-16(13-21(31-4-2)26(15)32-14-22(29)30)23-24-17(27)8-5-10-19(24)33-20-11-6-9-18(28)25(20)23/h3,12-13,23H,1,4-11,14H2,2H3,(H,29,30). The van der Waals surface area contributed by atoms with Crippen LogP contribution in [0.15, 0.2) is 47.5 Å². The van der Waals surface area contributed by atoms with Gasteiger partial charge in [-0.25, -0.2) is 4.79 Å². The third kappa shape index (κ3) is 4.45. The highest BCUT2D eigenvalue weighted by Crippen LogP contribution is 2.49. The fourth-order valence-electron chi connectivity index (χ4n) is 4.87. The van der Waals surface area contributed by atoms with Gasteiger partial charge in [-0.3, -0.25) is 9.59 Å². The molecule has 33 heavy (non-hydrogen) atoms. The average molecular weight is 453 g/mol. The summed E-state index contributed by atoms with van der Waals surface area (Å²) in [7, 11) is 0. The largest absolute Gasteiger partial charge is 0.490 e. The van der Waals surface area contributed by atoms with Gasteiger partial charge in [0.05, 0.1) is 6.61 Å². The molecule has 7 nitrogen and oxygen atoms in total. The molecule has 0 bridgehead atoms. The molecule has 0 radical (unpaired) electrons. The molecule has 1 aliphatic heterocycles. The van der Waals surface area contributed by atoms with Gasteiger partial charge in [-0.05, 0) is 37.8 Å². The first-order chi connectivity index (χ1) is 15.9. The zero-order chi connectivity index (χ0) is 23.5. The molecule has 2 aliphatic carbocycles. The van der Waals surface area contributed by atoms with Gasteiger partial charge in [-0.15, -0.1) is 6.58 Å². The minimum atomic E-state index is -1.10. The van der Waals surface area contributed by atoms with Crippen molar-refractivity contribution in [3.8, 4) is 11.5 Å². The van der Waals surface area contributed by atoms with Gasteiger partial charge in [0.1, 0.15) is 11.5 Å². The van der Waals surface area contributed by atoms with E-state index in [9.17, 15) is 14.4 Å². The lowest BCUT2D eigenvalue weighted by Gasteiger charge is -2.36. The van der Waals surface area contributed by atoms with E-state index in [1.165, 1.54) is 0 Å². The molecule has 0 aromatic heterocycles. The molecule has 3 aliphatic rings. The summed E-state index contributed by atoms with van der Waals surface area (Å²) in [6.45, 7) is 5.46. The van der Waals surface area contributed by atoms with Crippen LogP contribution in [0.4, 0.5) is 0 Å². The first kappa shape index (κ1) is 22.8. The van der Waals surface area contributed by atoms with E-state index in [4.69, 9.17) is 19.3 Å². The van der Waals surface area contributed by atoms with Crippen LogP contribution in [-0.4, -0.2) is 35.9 Å². The Hall–Kier alpha value is -3.35. The molecule has 0 saturated heterocycles. The number of hydrogen-bond acceptors (Lipinski definition) is 6. The fraction of sp³-hybridized carbons (Fsp3) is 0.423. The molecule has 1 heterocycles. The summed E-state index contributed by atoms with van der Waals surface area (Å²) in [6.07, 6.45) is 5.75. The molecule has 1 N–H and O–H groups in total. The van der Waals surface area contributed by atoms with E-state index < -0.39 is 18.5 Å². The molecule has 0 unspecified atom stereocenters. The third-order valence-electron chi connectivity index (χ3n) is 6.13. The number of ketones is 2. The number of Topliss-reactive ketones (excluding diaryl/α,β-unsaturated/α-hetero) is 2. The lowest BCUT2D eigenvalue weighted by atomic mass is 9.73. The Morgan fingerprint density at radius 2 is 1.73 bits per heavy atom. The topological polar surface area (TPSA) is 99.1 Å². The molecule has 1 aromatic rings. The molecule has 0 fully saturated rings. The van der Waals surface area contributed by atoms with E-state index in [0.717, 1.165) is 18.4 Å². The van der Waals surface area contributed by atoms with Gasteiger partial charge in [0, 0.05) is 48.3 Å². The average Bonchev–Trinajstić information content (AvgIpc) is 2.77. The zero-order valence-electron chi connectivity index (χ0n) is 18.8. The second-order valence-electron chi connectivity index (χ2n) is 8.38. The zero-order valence-corrected chi connectivity index (χ0v) is 18.8. The van der Waals surface area contributed by atoms with E-state index in [1.54, 1.807) is 12.1 Å². The highest BCUT2D eigenvalue weighted by molar-refractivity contribution is 6.05. The quantitative estimate of drug-likeness (QED) is 0.584. The van der Waals surface area contributed by atoms with E-state index in [1.807, 2.05) is 13.0 Å².